The van der Waals surface area contributed by atoms with E-state index in [1.54, 1.807) is 6.92 Å². The van der Waals surface area contributed by atoms with Gasteiger partial charge in [-0.2, -0.15) is 0 Å². The summed E-state index contributed by atoms with van der Waals surface area (Å²) in [6.07, 6.45) is 3.04. The van der Waals surface area contributed by atoms with Gasteiger partial charge in [0.2, 0.25) is 0 Å². The molecule has 0 saturated heterocycles. The average Bonchev–Trinajstić information content (AvgIpc) is 3.02. The van der Waals surface area contributed by atoms with Crippen LogP contribution in [0.4, 0.5) is 0 Å². The molecule has 0 aliphatic heterocycles. The van der Waals surface area contributed by atoms with E-state index in [-0.39, 0.29) is 11.9 Å². The second kappa shape index (κ2) is 7.08. The van der Waals surface area contributed by atoms with Crippen molar-refractivity contribution < 1.29 is 9.53 Å². The summed E-state index contributed by atoms with van der Waals surface area (Å²) < 4.78 is 5.76. The minimum Gasteiger partial charge on any atom is -0.481 e. The fourth-order valence-electron chi connectivity index (χ4n) is 3.22. The average molecular weight is 323 g/mol. The highest BCUT2D eigenvalue weighted by Crippen LogP contribution is 2.25. The van der Waals surface area contributed by atoms with Crippen molar-refractivity contribution in [1.29, 1.82) is 0 Å². The van der Waals surface area contributed by atoms with Gasteiger partial charge in [0.15, 0.2) is 6.10 Å². The summed E-state index contributed by atoms with van der Waals surface area (Å²) >= 11 is 0. The summed E-state index contributed by atoms with van der Waals surface area (Å²) in [6, 6.07) is 14.3. The normalized spacial score (nSPS) is 15.5. The third kappa shape index (κ3) is 3.78. The van der Waals surface area contributed by atoms with E-state index in [0.29, 0.717) is 0 Å². The molecular weight excluding hydrogens is 298 g/mol. The van der Waals surface area contributed by atoms with Crippen molar-refractivity contribution in [3.63, 3.8) is 0 Å². The van der Waals surface area contributed by atoms with Gasteiger partial charge in [-0.05, 0) is 74.4 Å². The van der Waals surface area contributed by atoms with Crippen LogP contribution in [0.3, 0.4) is 0 Å². The highest BCUT2D eigenvalue weighted by atomic mass is 16.5. The summed E-state index contributed by atoms with van der Waals surface area (Å²) in [7, 11) is 0. The first-order chi connectivity index (χ1) is 11.5. The molecule has 0 fully saturated rings. The molecule has 24 heavy (non-hydrogen) atoms. The zero-order valence-electron chi connectivity index (χ0n) is 14.6. The standard InChI is InChI=1S/C21H25NO2/c1-14-6-4-9-20(12-14)24-16(3)21(23)22-15(2)18-11-10-17-7-5-8-19(17)13-18/h4,6,9-13,15-16H,5,7-8H2,1-3H3,(H,22,23)/t15-,16+/m1/s1. The number of hydrogen-bond donors (Lipinski definition) is 1. The zero-order valence-corrected chi connectivity index (χ0v) is 14.6. The maximum absolute atomic E-state index is 12.4. The van der Waals surface area contributed by atoms with Crippen molar-refractivity contribution in [3.05, 3.63) is 64.7 Å². The number of benzene rings is 2. The Labute approximate surface area is 144 Å². The van der Waals surface area contributed by atoms with Crippen molar-refractivity contribution >= 4 is 5.91 Å². The number of amides is 1. The van der Waals surface area contributed by atoms with Crippen molar-refractivity contribution in [1.82, 2.24) is 5.32 Å². The van der Waals surface area contributed by atoms with Crippen LogP contribution in [0, 0.1) is 6.92 Å². The van der Waals surface area contributed by atoms with E-state index in [0.717, 1.165) is 23.3 Å². The van der Waals surface area contributed by atoms with E-state index in [9.17, 15) is 4.79 Å². The van der Waals surface area contributed by atoms with Gasteiger partial charge in [0.05, 0.1) is 6.04 Å². The molecular formula is C21H25NO2. The third-order valence-electron chi connectivity index (χ3n) is 4.65. The lowest BCUT2D eigenvalue weighted by Crippen LogP contribution is -2.37. The largest absolute Gasteiger partial charge is 0.481 e. The molecule has 3 rings (SSSR count). The Kier molecular flexibility index (Phi) is 4.89. The van der Waals surface area contributed by atoms with Gasteiger partial charge < -0.3 is 10.1 Å². The quantitative estimate of drug-likeness (QED) is 0.898. The predicted molar refractivity (Wildman–Crippen MR) is 96.3 cm³/mol. The molecule has 2 aromatic carbocycles. The monoisotopic (exact) mass is 323 g/mol. The molecule has 1 N–H and O–H groups in total. The molecule has 1 aliphatic rings. The van der Waals surface area contributed by atoms with E-state index < -0.39 is 6.10 Å². The van der Waals surface area contributed by atoms with Gasteiger partial charge in [-0.15, -0.1) is 0 Å². The van der Waals surface area contributed by atoms with Crippen molar-refractivity contribution in [2.45, 2.75) is 52.2 Å². The van der Waals surface area contributed by atoms with Crippen LogP contribution in [0.5, 0.6) is 5.75 Å². The van der Waals surface area contributed by atoms with Crippen molar-refractivity contribution in [2.24, 2.45) is 0 Å². The number of fused-ring (bicyclic) bond motifs is 1. The van der Waals surface area contributed by atoms with Crippen LogP contribution in [-0.4, -0.2) is 12.0 Å². The van der Waals surface area contributed by atoms with Gasteiger partial charge >= 0.3 is 0 Å². The van der Waals surface area contributed by atoms with Gasteiger partial charge in [-0.1, -0.05) is 30.3 Å². The Bertz CT molecular complexity index is 738. The Hall–Kier alpha value is -2.29. The maximum Gasteiger partial charge on any atom is 0.261 e. The topological polar surface area (TPSA) is 38.3 Å². The second-order valence-electron chi connectivity index (χ2n) is 6.69. The molecule has 2 atom stereocenters. The van der Waals surface area contributed by atoms with Crippen LogP contribution in [0.1, 0.15) is 48.6 Å². The molecule has 0 radical (unpaired) electrons. The lowest BCUT2D eigenvalue weighted by Gasteiger charge is -2.20. The Morgan fingerprint density at radius 2 is 1.88 bits per heavy atom. The van der Waals surface area contributed by atoms with E-state index in [1.165, 1.54) is 24.0 Å². The number of carbonyl (C=O) groups is 1. The third-order valence-corrected chi connectivity index (χ3v) is 4.65. The lowest BCUT2D eigenvalue weighted by atomic mass is 10.0. The van der Waals surface area contributed by atoms with Crippen LogP contribution in [0.15, 0.2) is 42.5 Å². The number of carbonyl (C=O) groups excluding carboxylic acids is 1. The van der Waals surface area contributed by atoms with E-state index in [1.807, 2.05) is 38.1 Å². The van der Waals surface area contributed by atoms with Gasteiger partial charge in [0.1, 0.15) is 5.75 Å². The molecule has 0 aromatic heterocycles. The molecule has 1 aliphatic carbocycles. The van der Waals surface area contributed by atoms with Gasteiger partial charge in [0.25, 0.3) is 5.91 Å². The van der Waals surface area contributed by atoms with Crippen LogP contribution >= 0.6 is 0 Å². The first kappa shape index (κ1) is 16.6. The fraction of sp³-hybridized carbons (Fsp3) is 0.381. The highest BCUT2D eigenvalue weighted by Gasteiger charge is 2.19. The van der Waals surface area contributed by atoms with Gasteiger partial charge in [-0.3, -0.25) is 4.79 Å². The molecule has 126 valence electrons. The minimum atomic E-state index is -0.524. The van der Waals surface area contributed by atoms with Crippen LogP contribution in [0.2, 0.25) is 0 Å². The first-order valence-corrected chi connectivity index (χ1v) is 8.68. The molecule has 0 saturated carbocycles. The van der Waals surface area contributed by atoms with Gasteiger partial charge in [0, 0.05) is 0 Å². The second-order valence-corrected chi connectivity index (χ2v) is 6.69. The zero-order chi connectivity index (χ0) is 17.1. The smallest absolute Gasteiger partial charge is 0.261 e. The summed E-state index contributed by atoms with van der Waals surface area (Å²) in [5.74, 6) is 0.632. The first-order valence-electron chi connectivity index (χ1n) is 8.68. The lowest BCUT2D eigenvalue weighted by molar-refractivity contribution is -0.127. The van der Waals surface area contributed by atoms with Crippen molar-refractivity contribution in [2.75, 3.05) is 0 Å². The number of nitrogens with one attached hydrogen (secondary N) is 1. The van der Waals surface area contributed by atoms with E-state index in [2.05, 4.69) is 23.5 Å². The summed E-state index contributed by atoms with van der Waals surface area (Å²) in [5.41, 5.74) is 5.16. The highest BCUT2D eigenvalue weighted by molar-refractivity contribution is 5.81. The SMILES string of the molecule is Cc1cccc(O[C@@H](C)C(=O)N[C@H](C)c2ccc3c(c2)CCC3)c1. The van der Waals surface area contributed by atoms with Crippen LogP contribution in [0.25, 0.3) is 0 Å². The fourth-order valence-corrected chi connectivity index (χ4v) is 3.22. The van der Waals surface area contributed by atoms with E-state index >= 15 is 0 Å². The molecule has 0 unspecified atom stereocenters. The molecule has 0 heterocycles. The minimum absolute atomic E-state index is 0.0213. The predicted octanol–water partition coefficient (Wildman–Crippen LogP) is 4.13. The Morgan fingerprint density at radius 3 is 2.67 bits per heavy atom. The molecule has 1 amide bonds. The molecule has 2 aromatic rings. The van der Waals surface area contributed by atoms with Crippen LogP contribution in [-0.2, 0) is 17.6 Å². The number of aryl methyl sites for hydroxylation is 3. The molecule has 0 bridgehead atoms. The molecule has 3 nitrogen and oxygen atoms in total. The Morgan fingerprint density at radius 1 is 1.08 bits per heavy atom. The molecule has 3 heteroatoms. The number of ether oxygens (including phenoxy) is 1. The van der Waals surface area contributed by atoms with Crippen molar-refractivity contribution in [3.8, 4) is 5.75 Å². The maximum atomic E-state index is 12.4. The Balaban J connectivity index is 1.61. The van der Waals surface area contributed by atoms with Gasteiger partial charge in [-0.25, -0.2) is 0 Å². The molecule has 0 spiro atoms. The summed E-state index contributed by atoms with van der Waals surface area (Å²) in [4.78, 5) is 12.4. The summed E-state index contributed by atoms with van der Waals surface area (Å²) in [6.45, 7) is 5.81. The van der Waals surface area contributed by atoms with Crippen LogP contribution < -0.4 is 10.1 Å². The number of hydrogen-bond acceptors (Lipinski definition) is 2. The number of rotatable bonds is 5. The summed E-state index contributed by atoms with van der Waals surface area (Å²) in [5, 5.41) is 3.06. The van der Waals surface area contributed by atoms with E-state index in [4.69, 9.17) is 4.74 Å².